The Morgan fingerprint density at radius 3 is 2.29 bits per heavy atom. The number of hydrogen-bond acceptors (Lipinski definition) is 2. The number of amides is 1. The smallest absolute Gasteiger partial charge is 0.227 e. The lowest BCUT2D eigenvalue weighted by Crippen LogP contribution is -2.38. The molecule has 0 aromatic rings. The molecular weight excluding hydrogens is 178 g/mol. The molecule has 1 atom stereocenters. The second kappa shape index (κ2) is 6.02. The highest BCUT2D eigenvalue weighted by molar-refractivity contribution is 5.78. The van der Waals surface area contributed by atoms with Gasteiger partial charge in [0.15, 0.2) is 0 Å². The molecule has 3 nitrogen and oxygen atoms in total. The average molecular weight is 199 g/mol. The van der Waals surface area contributed by atoms with Crippen LogP contribution in [-0.2, 0) is 4.79 Å². The third-order valence-corrected chi connectivity index (χ3v) is 2.98. The molecule has 1 N–H and O–H groups in total. The van der Waals surface area contributed by atoms with Crippen LogP contribution < -0.4 is 0 Å². The lowest BCUT2D eigenvalue weighted by atomic mass is 10.1. The van der Waals surface area contributed by atoms with Crippen LogP contribution in [0.3, 0.4) is 0 Å². The molecular formula is C11H21NO2. The maximum atomic E-state index is 11.9. The number of carbonyl (C=O) groups excluding carboxylic acids is 1. The van der Waals surface area contributed by atoms with E-state index in [0.29, 0.717) is 0 Å². The standard InChI is InChI=1S/C11H21NO2/c1-2-10(9-13)11(14)12-7-5-3-4-6-8-12/h10,13H,2-9H2,1H3. The van der Waals surface area contributed by atoms with Crippen LogP contribution >= 0.6 is 0 Å². The molecule has 0 bridgehead atoms. The van der Waals surface area contributed by atoms with Gasteiger partial charge in [0, 0.05) is 13.1 Å². The summed E-state index contributed by atoms with van der Waals surface area (Å²) in [5.41, 5.74) is 0. The highest BCUT2D eigenvalue weighted by atomic mass is 16.3. The Kier molecular flexibility index (Phi) is 4.94. The third kappa shape index (κ3) is 2.98. The lowest BCUT2D eigenvalue weighted by Gasteiger charge is -2.24. The molecule has 1 heterocycles. The summed E-state index contributed by atoms with van der Waals surface area (Å²) in [5, 5.41) is 9.05. The van der Waals surface area contributed by atoms with Gasteiger partial charge in [-0.05, 0) is 19.3 Å². The van der Waals surface area contributed by atoms with E-state index in [9.17, 15) is 4.79 Å². The summed E-state index contributed by atoms with van der Waals surface area (Å²) in [7, 11) is 0. The van der Waals surface area contributed by atoms with Crippen molar-refractivity contribution in [1.29, 1.82) is 0 Å². The summed E-state index contributed by atoms with van der Waals surface area (Å²) in [5.74, 6) is -0.0231. The van der Waals surface area contributed by atoms with Crippen LogP contribution in [0, 0.1) is 5.92 Å². The van der Waals surface area contributed by atoms with Gasteiger partial charge in [-0.2, -0.15) is 0 Å². The van der Waals surface area contributed by atoms with Crippen molar-refractivity contribution in [2.45, 2.75) is 39.0 Å². The van der Waals surface area contributed by atoms with E-state index in [1.807, 2.05) is 11.8 Å². The topological polar surface area (TPSA) is 40.5 Å². The fourth-order valence-corrected chi connectivity index (χ4v) is 1.93. The van der Waals surface area contributed by atoms with Gasteiger partial charge in [0.2, 0.25) is 5.91 Å². The molecule has 3 heteroatoms. The summed E-state index contributed by atoms with van der Waals surface area (Å²) in [4.78, 5) is 13.8. The molecule has 0 saturated carbocycles. The van der Waals surface area contributed by atoms with Crippen molar-refractivity contribution in [2.24, 2.45) is 5.92 Å². The van der Waals surface area contributed by atoms with Crippen molar-refractivity contribution in [3.63, 3.8) is 0 Å². The summed E-state index contributed by atoms with van der Waals surface area (Å²) < 4.78 is 0. The summed E-state index contributed by atoms with van der Waals surface area (Å²) in [6, 6.07) is 0. The minimum Gasteiger partial charge on any atom is -0.396 e. The molecule has 1 aliphatic heterocycles. The van der Waals surface area contributed by atoms with Crippen molar-refractivity contribution in [2.75, 3.05) is 19.7 Å². The molecule has 82 valence electrons. The molecule has 0 radical (unpaired) electrons. The molecule has 1 unspecified atom stereocenters. The molecule has 1 saturated heterocycles. The quantitative estimate of drug-likeness (QED) is 0.746. The first-order valence-electron chi connectivity index (χ1n) is 5.69. The molecule has 1 rings (SSSR count). The number of aliphatic hydroxyl groups excluding tert-OH is 1. The van der Waals surface area contributed by atoms with E-state index in [2.05, 4.69) is 0 Å². The van der Waals surface area contributed by atoms with Gasteiger partial charge in [-0.15, -0.1) is 0 Å². The van der Waals surface area contributed by atoms with Crippen LogP contribution in [0.1, 0.15) is 39.0 Å². The molecule has 1 aliphatic rings. The molecule has 0 aromatic heterocycles. The van der Waals surface area contributed by atoms with Crippen LogP contribution in [0.2, 0.25) is 0 Å². The summed E-state index contributed by atoms with van der Waals surface area (Å²) in [6.45, 7) is 3.72. The van der Waals surface area contributed by atoms with Crippen LogP contribution in [-0.4, -0.2) is 35.6 Å². The Morgan fingerprint density at radius 1 is 1.29 bits per heavy atom. The largest absolute Gasteiger partial charge is 0.396 e. The van der Waals surface area contributed by atoms with Crippen molar-refractivity contribution < 1.29 is 9.90 Å². The Balaban J connectivity index is 2.48. The molecule has 1 fully saturated rings. The van der Waals surface area contributed by atoms with Crippen LogP contribution in [0.15, 0.2) is 0 Å². The summed E-state index contributed by atoms with van der Waals surface area (Å²) >= 11 is 0. The maximum absolute atomic E-state index is 11.9. The number of rotatable bonds is 3. The minimum absolute atomic E-state index is 0.00810. The first kappa shape index (κ1) is 11.5. The second-order valence-electron chi connectivity index (χ2n) is 4.03. The zero-order chi connectivity index (χ0) is 10.4. The Morgan fingerprint density at radius 2 is 1.86 bits per heavy atom. The average Bonchev–Trinajstić information content (AvgIpc) is 2.47. The molecule has 14 heavy (non-hydrogen) atoms. The SMILES string of the molecule is CCC(CO)C(=O)N1CCCCCC1. The fraction of sp³-hybridized carbons (Fsp3) is 0.909. The van der Waals surface area contributed by atoms with E-state index < -0.39 is 0 Å². The number of nitrogens with zero attached hydrogens (tertiary/aromatic N) is 1. The van der Waals surface area contributed by atoms with E-state index >= 15 is 0 Å². The zero-order valence-corrected chi connectivity index (χ0v) is 9.04. The van der Waals surface area contributed by atoms with Gasteiger partial charge in [-0.3, -0.25) is 4.79 Å². The Hall–Kier alpha value is -0.570. The van der Waals surface area contributed by atoms with Crippen molar-refractivity contribution in [1.82, 2.24) is 4.90 Å². The van der Waals surface area contributed by atoms with Gasteiger partial charge < -0.3 is 10.0 Å². The fourth-order valence-electron chi connectivity index (χ4n) is 1.93. The first-order chi connectivity index (χ1) is 6.79. The Bertz CT molecular complexity index is 170. The molecule has 0 aromatic carbocycles. The second-order valence-corrected chi connectivity index (χ2v) is 4.03. The van der Waals surface area contributed by atoms with Crippen LogP contribution in [0.4, 0.5) is 0 Å². The number of aliphatic hydroxyl groups is 1. The van der Waals surface area contributed by atoms with Crippen molar-refractivity contribution in [3.05, 3.63) is 0 Å². The van der Waals surface area contributed by atoms with E-state index in [-0.39, 0.29) is 18.4 Å². The molecule has 0 aliphatic carbocycles. The van der Waals surface area contributed by atoms with Gasteiger partial charge >= 0.3 is 0 Å². The minimum atomic E-state index is -0.173. The molecule has 1 amide bonds. The third-order valence-electron chi connectivity index (χ3n) is 2.98. The van der Waals surface area contributed by atoms with Crippen LogP contribution in [0.5, 0.6) is 0 Å². The van der Waals surface area contributed by atoms with Gasteiger partial charge in [0.1, 0.15) is 0 Å². The Labute approximate surface area is 86.1 Å². The maximum Gasteiger partial charge on any atom is 0.227 e. The number of hydrogen-bond donors (Lipinski definition) is 1. The zero-order valence-electron chi connectivity index (χ0n) is 9.04. The predicted molar refractivity (Wildman–Crippen MR) is 55.9 cm³/mol. The molecule has 0 spiro atoms. The monoisotopic (exact) mass is 199 g/mol. The highest BCUT2D eigenvalue weighted by Gasteiger charge is 2.22. The van der Waals surface area contributed by atoms with Gasteiger partial charge in [0.05, 0.1) is 12.5 Å². The van der Waals surface area contributed by atoms with E-state index in [1.165, 1.54) is 12.8 Å². The van der Waals surface area contributed by atoms with E-state index in [1.54, 1.807) is 0 Å². The van der Waals surface area contributed by atoms with Gasteiger partial charge in [-0.1, -0.05) is 19.8 Å². The number of likely N-dealkylation sites (tertiary alicyclic amines) is 1. The first-order valence-corrected chi connectivity index (χ1v) is 5.69. The predicted octanol–water partition coefficient (Wildman–Crippen LogP) is 1.41. The highest BCUT2D eigenvalue weighted by Crippen LogP contribution is 2.14. The van der Waals surface area contributed by atoms with E-state index in [4.69, 9.17) is 5.11 Å². The van der Waals surface area contributed by atoms with Crippen LogP contribution in [0.25, 0.3) is 0 Å². The lowest BCUT2D eigenvalue weighted by molar-refractivity contribution is -0.136. The number of carbonyl (C=O) groups is 1. The van der Waals surface area contributed by atoms with Gasteiger partial charge in [-0.25, -0.2) is 0 Å². The van der Waals surface area contributed by atoms with E-state index in [0.717, 1.165) is 32.4 Å². The van der Waals surface area contributed by atoms with Gasteiger partial charge in [0.25, 0.3) is 0 Å². The van der Waals surface area contributed by atoms with Crippen molar-refractivity contribution >= 4 is 5.91 Å². The summed E-state index contributed by atoms with van der Waals surface area (Å²) in [6.07, 6.45) is 5.45. The van der Waals surface area contributed by atoms with Crippen molar-refractivity contribution in [3.8, 4) is 0 Å². The normalized spacial score (nSPS) is 20.3.